The molecule has 0 aliphatic rings. The number of para-hydroxylation sites is 2. The highest BCUT2D eigenvalue weighted by Crippen LogP contribution is 2.25. The summed E-state index contributed by atoms with van der Waals surface area (Å²) < 4.78 is 15.9. The van der Waals surface area contributed by atoms with Gasteiger partial charge >= 0.3 is 17.8 Å². The van der Waals surface area contributed by atoms with E-state index in [-0.39, 0.29) is 27.8 Å². The molecule has 0 fully saturated rings. The van der Waals surface area contributed by atoms with Crippen molar-refractivity contribution >= 4 is 53.3 Å². The molecule has 4 aromatic rings. The van der Waals surface area contributed by atoms with Crippen molar-refractivity contribution in [3.63, 3.8) is 0 Å². The smallest absolute Gasteiger partial charge is 0.345 e. The quantitative estimate of drug-likeness (QED) is 0.0924. The van der Waals surface area contributed by atoms with Gasteiger partial charge in [-0.1, -0.05) is 53.5 Å². The Morgan fingerprint density at radius 2 is 1.55 bits per heavy atom. The highest BCUT2D eigenvalue weighted by molar-refractivity contribution is 6.36. The van der Waals surface area contributed by atoms with Crippen LogP contribution in [0.15, 0.2) is 101 Å². The summed E-state index contributed by atoms with van der Waals surface area (Å²) in [6.45, 7) is 0. The van der Waals surface area contributed by atoms with Gasteiger partial charge in [-0.3, -0.25) is 4.79 Å². The standard InChI is InChI=1S/C28H18Cl2N2O6/c29-20-12-13-21(22(30)16-20)28(35)38-23-8-3-1-6-18(23)11-14-26(33)37-24-9-4-2-7-19(24)17-31-32-27(34)25-10-5-15-36-25/h1-17H,(H,32,34)/b14-11+,31-17+. The van der Waals surface area contributed by atoms with E-state index in [9.17, 15) is 14.4 Å². The average molecular weight is 549 g/mol. The fraction of sp³-hybridized carbons (Fsp3) is 0. The number of benzene rings is 3. The molecule has 1 aromatic heterocycles. The first-order valence-electron chi connectivity index (χ1n) is 11.0. The molecule has 0 saturated carbocycles. The molecule has 0 atom stereocenters. The molecule has 10 heteroatoms. The van der Waals surface area contributed by atoms with Crippen LogP contribution in [0.2, 0.25) is 10.0 Å². The third kappa shape index (κ3) is 6.97. The van der Waals surface area contributed by atoms with E-state index in [1.807, 2.05) is 0 Å². The fourth-order valence-electron chi connectivity index (χ4n) is 3.12. The maximum Gasteiger partial charge on any atom is 0.345 e. The zero-order valence-corrected chi connectivity index (χ0v) is 21.0. The van der Waals surface area contributed by atoms with Crippen LogP contribution in [0.4, 0.5) is 0 Å². The van der Waals surface area contributed by atoms with E-state index >= 15 is 0 Å². The van der Waals surface area contributed by atoms with Crippen LogP contribution in [-0.2, 0) is 4.79 Å². The Balaban J connectivity index is 1.42. The third-order valence-corrected chi connectivity index (χ3v) is 5.46. The number of ether oxygens (including phenoxy) is 2. The van der Waals surface area contributed by atoms with Gasteiger partial charge in [-0.2, -0.15) is 5.10 Å². The molecule has 0 radical (unpaired) electrons. The number of hydrazone groups is 1. The van der Waals surface area contributed by atoms with Crippen molar-refractivity contribution in [2.45, 2.75) is 0 Å². The van der Waals surface area contributed by atoms with Crippen LogP contribution in [0.1, 0.15) is 32.0 Å². The van der Waals surface area contributed by atoms with E-state index in [0.717, 1.165) is 0 Å². The first-order chi connectivity index (χ1) is 18.4. The monoisotopic (exact) mass is 548 g/mol. The Labute approximate surface area is 227 Å². The highest BCUT2D eigenvalue weighted by atomic mass is 35.5. The van der Waals surface area contributed by atoms with Crippen LogP contribution < -0.4 is 14.9 Å². The van der Waals surface area contributed by atoms with Crippen molar-refractivity contribution in [1.82, 2.24) is 5.43 Å². The van der Waals surface area contributed by atoms with Gasteiger partial charge < -0.3 is 13.9 Å². The van der Waals surface area contributed by atoms with Crippen LogP contribution in [0.25, 0.3) is 6.08 Å². The van der Waals surface area contributed by atoms with Gasteiger partial charge in [-0.05, 0) is 54.6 Å². The Morgan fingerprint density at radius 1 is 0.842 bits per heavy atom. The van der Waals surface area contributed by atoms with E-state index in [4.69, 9.17) is 37.1 Å². The van der Waals surface area contributed by atoms with Crippen LogP contribution in [0.3, 0.4) is 0 Å². The fourth-order valence-corrected chi connectivity index (χ4v) is 3.61. The van der Waals surface area contributed by atoms with Gasteiger partial charge in [0.15, 0.2) is 5.76 Å². The van der Waals surface area contributed by atoms with Crippen molar-refractivity contribution in [2.75, 3.05) is 0 Å². The zero-order chi connectivity index (χ0) is 26.9. The molecule has 0 aliphatic heterocycles. The van der Waals surface area contributed by atoms with E-state index in [1.165, 1.54) is 48.9 Å². The molecular weight excluding hydrogens is 531 g/mol. The lowest BCUT2D eigenvalue weighted by Gasteiger charge is -2.09. The van der Waals surface area contributed by atoms with Crippen molar-refractivity contribution in [1.29, 1.82) is 0 Å². The SMILES string of the molecule is O=C(/C=C/c1ccccc1OC(=O)c1ccc(Cl)cc1Cl)Oc1ccccc1/C=N/NC(=O)c1ccco1. The molecule has 0 aliphatic carbocycles. The zero-order valence-electron chi connectivity index (χ0n) is 19.5. The molecule has 38 heavy (non-hydrogen) atoms. The minimum Gasteiger partial charge on any atom is -0.459 e. The Kier molecular flexibility index (Phi) is 8.71. The lowest BCUT2D eigenvalue weighted by Crippen LogP contribution is -2.16. The molecule has 1 N–H and O–H groups in total. The van der Waals surface area contributed by atoms with Gasteiger partial charge in [-0.25, -0.2) is 15.0 Å². The topological polar surface area (TPSA) is 107 Å². The second-order valence-corrected chi connectivity index (χ2v) is 8.36. The summed E-state index contributed by atoms with van der Waals surface area (Å²) in [6, 6.07) is 20.8. The molecule has 1 heterocycles. The van der Waals surface area contributed by atoms with Gasteiger partial charge in [0.2, 0.25) is 0 Å². The van der Waals surface area contributed by atoms with Crippen LogP contribution >= 0.6 is 23.2 Å². The molecule has 0 bridgehead atoms. The van der Waals surface area contributed by atoms with Crippen LogP contribution in [0.5, 0.6) is 11.5 Å². The molecule has 0 spiro atoms. The number of nitrogens with one attached hydrogen (secondary N) is 1. The second kappa shape index (κ2) is 12.5. The van der Waals surface area contributed by atoms with Crippen molar-refractivity contribution < 1.29 is 28.3 Å². The van der Waals surface area contributed by atoms with Crippen molar-refractivity contribution in [3.05, 3.63) is 124 Å². The van der Waals surface area contributed by atoms with Gasteiger partial charge in [0.1, 0.15) is 11.5 Å². The maximum absolute atomic E-state index is 12.6. The second-order valence-electron chi connectivity index (χ2n) is 7.52. The average Bonchev–Trinajstić information content (AvgIpc) is 3.44. The van der Waals surface area contributed by atoms with Crippen LogP contribution in [0, 0.1) is 0 Å². The number of amides is 1. The number of nitrogens with zero attached hydrogens (tertiary/aromatic N) is 1. The maximum atomic E-state index is 12.6. The summed E-state index contributed by atoms with van der Waals surface area (Å²) in [5.41, 5.74) is 3.38. The number of hydrogen-bond donors (Lipinski definition) is 1. The van der Waals surface area contributed by atoms with Crippen molar-refractivity contribution in [3.8, 4) is 11.5 Å². The van der Waals surface area contributed by atoms with Gasteiger partial charge in [0.05, 0.1) is 23.1 Å². The van der Waals surface area contributed by atoms with E-state index in [0.29, 0.717) is 16.1 Å². The number of carbonyl (C=O) groups is 3. The first kappa shape index (κ1) is 26.4. The van der Waals surface area contributed by atoms with E-state index in [2.05, 4.69) is 10.5 Å². The predicted molar refractivity (Wildman–Crippen MR) is 143 cm³/mol. The summed E-state index contributed by atoms with van der Waals surface area (Å²) in [5, 5.41) is 4.42. The molecule has 8 nitrogen and oxygen atoms in total. The lowest BCUT2D eigenvalue weighted by molar-refractivity contribution is -0.128. The van der Waals surface area contributed by atoms with Crippen LogP contribution in [-0.4, -0.2) is 24.1 Å². The summed E-state index contributed by atoms with van der Waals surface area (Å²) in [5.74, 6) is -1.35. The molecule has 0 unspecified atom stereocenters. The van der Waals surface area contributed by atoms with Crippen molar-refractivity contribution in [2.24, 2.45) is 5.10 Å². The van der Waals surface area contributed by atoms with E-state index < -0.39 is 17.8 Å². The third-order valence-electron chi connectivity index (χ3n) is 4.92. The number of carbonyl (C=O) groups excluding carboxylic acids is 3. The summed E-state index contributed by atoms with van der Waals surface area (Å²) in [6.07, 6.45) is 5.35. The molecule has 4 rings (SSSR count). The molecule has 3 aromatic carbocycles. The Bertz CT molecular complexity index is 1530. The Hall–Kier alpha value is -4.66. The summed E-state index contributed by atoms with van der Waals surface area (Å²) in [7, 11) is 0. The minimum atomic E-state index is -0.688. The lowest BCUT2D eigenvalue weighted by atomic mass is 10.2. The first-order valence-corrected chi connectivity index (χ1v) is 11.8. The minimum absolute atomic E-state index is 0.106. The predicted octanol–water partition coefficient (Wildman–Crippen LogP) is 6.19. The molecular formula is C28H18Cl2N2O6. The molecule has 190 valence electrons. The summed E-state index contributed by atoms with van der Waals surface area (Å²) >= 11 is 12.0. The number of esters is 2. The number of halogens is 2. The van der Waals surface area contributed by atoms with E-state index in [1.54, 1.807) is 54.6 Å². The summed E-state index contributed by atoms with van der Waals surface area (Å²) in [4.78, 5) is 37.1. The van der Waals surface area contributed by atoms with Gasteiger partial charge in [0, 0.05) is 22.2 Å². The normalized spacial score (nSPS) is 11.0. The number of rotatable bonds is 8. The largest absolute Gasteiger partial charge is 0.459 e. The highest BCUT2D eigenvalue weighted by Gasteiger charge is 2.15. The number of furan rings is 1. The molecule has 0 saturated heterocycles. The number of hydrogen-bond acceptors (Lipinski definition) is 7. The van der Waals surface area contributed by atoms with Gasteiger partial charge in [0.25, 0.3) is 0 Å². The Morgan fingerprint density at radius 3 is 2.26 bits per heavy atom. The van der Waals surface area contributed by atoms with Gasteiger partial charge in [-0.15, -0.1) is 0 Å². The molecule has 1 amide bonds.